The Morgan fingerprint density at radius 3 is 1.93 bits per heavy atom. The first-order valence-electron chi connectivity index (χ1n) is 15.0. The Labute approximate surface area is 254 Å². The van der Waals surface area contributed by atoms with Crippen LogP contribution in [0.15, 0.2) is 60.7 Å². The Balaban J connectivity index is 2.44. The minimum absolute atomic E-state index is 0.155. The van der Waals surface area contributed by atoms with E-state index in [2.05, 4.69) is 10.6 Å². The molecule has 5 atom stereocenters. The third-order valence-electron chi connectivity index (χ3n) is 7.38. The molecular formula is C33H47N3O7. The molecule has 0 heterocycles. The number of unbranched alkanes of at least 4 members (excludes halogenated alkanes) is 1. The first kappa shape index (κ1) is 35.4. The smallest absolute Gasteiger partial charge is 0.328 e. The van der Waals surface area contributed by atoms with Crippen molar-refractivity contribution in [1.82, 2.24) is 10.6 Å². The number of carboxylic acid groups (broad SMARTS) is 1. The lowest BCUT2D eigenvalue weighted by atomic mass is 9.84. The molecule has 0 unspecified atom stereocenters. The molecule has 6 N–H and O–H groups in total. The van der Waals surface area contributed by atoms with Gasteiger partial charge in [-0.05, 0) is 35.8 Å². The lowest BCUT2D eigenvalue weighted by Gasteiger charge is -2.30. The molecule has 0 saturated carbocycles. The first-order chi connectivity index (χ1) is 20.5. The van der Waals surface area contributed by atoms with E-state index in [-0.39, 0.29) is 18.3 Å². The van der Waals surface area contributed by atoms with Crippen molar-refractivity contribution in [2.24, 2.45) is 17.6 Å². The van der Waals surface area contributed by atoms with Gasteiger partial charge in [0, 0.05) is 5.92 Å². The first-order valence-corrected chi connectivity index (χ1v) is 15.0. The summed E-state index contributed by atoms with van der Waals surface area (Å²) in [5, 5.41) is 24.2. The number of aliphatic hydroxyl groups excluding tert-OH is 1. The Morgan fingerprint density at radius 1 is 0.907 bits per heavy atom. The van der Waals surface area contributed by atoms with Gasteiger partial charge in [-0.15, -0.1) is 0 Å². The monoisotopic (exact) mass is 597 g/mol. The topological polar surface area (TPSA) is 168 Å². The van der Waals surface area contributed by atoms with Crippen molar-refractivity contribution < 1.29 is 34.1 Å². The highest BCUT2D eigenvalue weighted by molar-refractivity contribution is 5.92. The van der Waals surface area contributed by atoms with Crippen molar-refractivity contribution in [1.29, 1.82) is 0 Å². The molecule has 0 spiro atoms. The Bertz CT molecular complexity index is 1120. The van der Waals surface area contributed by atoms with Crippen LogP contribution in [0.5, 0.6) is 0 Å². The summed E-state index contributed by atoms with van der Waals surface area (Å²) in [4.78, 5) is 51.8. The van der Waals surface area contributed by atoms with Gasteiger partial charge in [-0.3, -0.25) is 14.4 Å². The van der Waals surface area contributed by atoms with E-state index in [4.69, 9.17) is 10.5 Å². The number of rotatable bonds is 18. The van der Waals surface area contributed by atoms with Crippen LogP contribution in [0.2, 0.25) is 0 Å². The number of nitrogens with two attached hydrogens (primary N) is 1. The van der Waals surface area contributed by atoms with Gasteiger partial charge < -0.3 is 31.3 Å². The predicted molar refractivity (Wildman–Crippen MR) is 164 cm³/mol. The van der Waals surface area contributed by atoms with Crippen LogP contribution in [0.1, 0.15) is 76.8 Å². The van der Waals surface area contributed by atoms with Crippen LogP contribution in [-0.4, -0.2) is 64.8 Å². The molecule has 2 aromatic carbocycles. The maximum atomic E-state index is 13.7. The van der Waals surface area contributed by atoms with Crippen molar-refractivity contribution in [3.8, 4) is 0 Å². The van der Waals surface area contributed by atoms with Crippen LogP contribution in [0.4, 0.5) is 0 Å². The predicted octanol–water partition coefficient (Wildman–Crippen LogP) is 3.37. The number of aliphatic carboxylic acids is 1. The lowest BCUT2D eigenvalue weighted by molar-refractivity contribution is -0.155. The molecule has 10 heteroatoms. The van der Waals surface area contributed by atoms with Gasteiger partial charge in [0.15, 0.2) is 0 Å². The molecule has 2 amide bonds. The third-order valence-corrected chi connectivity index (χ3v) is 7.38. The Kier molecular flexibility index (Phi) is 14.9. The number of ether oxygens (including phenoxy) is 1. The molecule has 0 saturated heterocycles. The zero-order chi connectivity index (χ0) is 31.9. The largest absolute Gasteiger partial charge is 0.480 e. The van der Waals surface area contributed by atoms with Gasteiger partial charge in [-0.2, -0.15) is 0 Å². The van der Waals surface area contributed by atoms with E-state index in [9.17, 15) is 29.4 Å². The molecule has 43 heavy (non-hydrogen) atoms. The maximum Gasteiger partial charge on any atom is 0.328 e. The molecule has 2 aromatic rings. The summed E-state index contributed by atoms with van der Waals surface area (Å²) >= 11 is 0. The fourth-order valence-corrected chi connectivity index (χ4v) is 4.97. The van der Waals surface area contributed by atoms with Gasteiger partial charge in [0.1, 0.15) is 24.2 Å². The zero-order valence-corrected chi connectivity index (χ0v) is 25.6. The van der Waals surface area contributed by atoms with Gasteiger partial charge in [0.2, 0.25) is 11.8 Å². The number of carbonyl (C=O) groups excluding carboxylic acids is 3. The molecule has 0 aliphatic carbocycles. The van der Waals surface area contributed by atoms with Gasteiger partial charge in [0.05, 0.1) is 13.0 Å². The van der Waals surface area contributed by atoms with E-state index in [1.165, 1.54) is 0 Å². The number of aliphatic hydroxyl groups is 1. The fraction of sp³-hybridized carbons (Fsp3) is 0.515. The van der Waals surface area contributed by atoms with Crippen LogP contribution in [0.25, 0.3) is 0 Å². The molecule has 10 nitrogen and oxygen atoms in total. The highest BCUT2D eigenvalue weighted by Crippen LogP contribution is 2.29. The summed E-state index contributed by atoms with van der Waals surface area (Å²) in [5.74, 6) is -3.99. The molecule has 0 aromatic heterocycles. The molecule has 2 rings (SSSR count). The SMILES string of the molecule is CCCC[C@H](C)[C@H](CC(=O)N[C@H](C(=O)N[C@@H](CO)C(=O)O)C(c1ccccc1)c1ccccc1)OC(=O)[C@H](N)CC(C)C. The molecule has 236 valence electrons. The number of esters is 1. The molecule has 0 radical (unpaired) electrons. The average molecular weight is 598 g/mol. The molecular weight excluding hydrogens is 550 g/mol. The number of benzene rings is 2. The van der Waals surface area contributed by atoms with E-state index >= 15 is 0 Å². The number of hydrogen-bond donors (Lipinski definition) is 5. The van der Waals surface area contributed by atoms with Crippen LogP contribution in [0, 0.1) is 11.8 Å². The summed E-state index contributed by atoms with van der Waals surface area (Å²) in [5.41, 5.74) is 7.50. The quantitative estimate of drug-likeness (QED) is 0.163. The Hall–Kier alpha value is -3.76. The second-order valence-corrected chi connectivity index (χ2v) is 11.5. The highest BCUT2D eigenvalue weighted by Gasteiger charge is 2.36. The van der Waals surface area contributed by atoms with Crippen molar-refractivity contribution in [2.75, 3.05) is 6.61 Å². The van der Waals surface area contributed by atoms with Crippen molar-refractivity contribution in [3.63, 3.8) is 0 Å². The van der Waals surface area contributed by atoms with Crippen LogP contribution < -0.4 is 16.4 Å². The number of nitrogens with one attached hydrogen (secondary N) is 2. The van der Waals surface area contributed by atoms with E-state index < -0.39 is 60.5 Å². The summed E-state index contributed by atoms with van der Waals surface area (Å²) < 4.78 is 5.79. The van der Waals surface area contributed by atoms with Gasteiger partial charge in [-0.1, -0.05) is 101 Å². The van der Waals surface area contributed by atoms with E-state index in [0.29, 0.717) is 17.5 Å². The molecule has 0 bridgehead atoms. The average Bonchev–Trinajstić information content (AvgIpc) is 2.98. The van der Waals surface area contributed by atoms with E-state index in [0.717, 1.165) is 19.3 Å². The normalized spacial score (nSPS) is 14.8. The van der Waals surface area contributed by atoms with Gasteiger partial charge in [-0.25, -0.2) is 4.79 Å². The van der Waals surface area contributed by atoms with Crippen molar-refractivity contribution in [2.45, 2.75) is 89.9 Å². The summed E-state index contributed by atoms with van der Waals surface area (Å²) in [6.07, 6.45) is 1.97. The minimum Gasteiger partial charge on any atom is -0.480 e. The van der Waals surface area contributed by atoms with Gasteiger partial charge >= 0.3 is 11.9 Å². The summed E-state index contributed by atoms with van der Waals surface area (Å²) in [6.45, 7) is 7.04. The van der Waals surface area contributed by atoms with Crippen molar-refractivity contribution >= 4 is 23.8 Å². The molecule has 0 aliphatic rings. The lowest BCUT2D eigenvalue weighted by Crippen LogP contribution is -2.55. The maximum absolute atomic E-state index is 13.7. The second-order valence-electron chi connectivity index (χ2n) is 11.5. The number of carbonyl (C=O) groups is 4. The number of amides is 2. The summed E-state index contributed by atoms with van der Waals surface area (Å²) in [7, 11) is 0. The molecule has 0 aliphatic heterocycles. The number of hydrogen-bond acceptors (Lipinski definition) is 7. The van der Waals surface area contributed by atoms with Crippen LogP contribution in [-0.2, 0) is 23.9 Å². The van der Waals surface area contributed by atoms with Crippen LogP contribution >= 0.6 is 0 Å². The molecule has 0 fully saturated rings. The summed E-state index contributed by atoms with van der Waals surface area (Å²) in [6, 6.07) is 14.5. The van der Waals surface area contributed by atoms with E-state index in [1.807, 2.05) is 64.1 Å². The van der Waals surface area contributed by atoms with Gasteiger partial charge in [0.25, 0.3) is 0 Å². The second kappa shape index (κ2) is 18.0. The fourth-order valence-electron chi connectivity index (χ4n) is 4.97. The number of carboxylic acids is 1. The minimum atomic E-state index is -1.57. The van der Waals surface area contributed by atoms with Crippen LogP contribution in [0.3, 0.4) is 0 Å². The zero-order valence-electron chi connectivity index (χ0n) is 25.6. The standard InChI is InChI=1S/C33H47N3O7/c1-5-6-13-22(4)27(43-33(42)25(34)18-21(2)3)19-28(38)36-30(31(39)35-26(20-37)32(40)41)29(23-14-9-7-10-15-23)24-16-11-8-12-17-24/h7-12,14-17,21-22,25-27,29-30,37H,5-6,13,18-20,34H2,1-4H3,(H,35,39)(H,36,38)(H,40,41)/t22-,25+,26-,27-,30-/m0/s1. The highest BCUT2D eigenvalue weighted by atomic mass is 16.5. The van der Waals surface area contributed by atoms with E-state index in [1.54, 1.807) is 24.3 Å². The third kappa shape index (κ3) is 11.4. The Morgan fingerprint density at radius 2 is 1.47 bits per heavy atom. The van der Waals surface area contributed by atoms with Crippen molar-refractivity contribution in [3.05, 3.63) is 71.8 Å².